The molecule has 0 aliphatic carbocycles. The lowest BCUT2D eigenvalue weighted by Crippen LogP contribution is -2.40. The third kappa shape index (κ3) is 4.29. The number of pyridine rings is 1. The highest BCUT2D eigenvalue weighted by Crippen LogP contribution is 2.26. The van der Waals surface area contributed by atoms with E-state index in [0.717, 1.165) is 38.9 Å². The van der Waals surface area contributed by atoms with Gasteiger partial charge in [0.05, 0.1) is 4.92 Å². The van der Waals surface area contributed by atoms with Crippen LogP contribution in [0.25, 0.3) is 0 Å². The summed E-state index contributed by atoms with van der Waals surface area (Å²) in [7, 11) is 2.06. The highest BCUT2D eigenvalue weighted by molar-refractivity contribution is 5.60. The minimum Gasteiger partial charge on any atom is -0.370 e. The van der Waals surface area contributed by atoms with Crippen molar-refractivity contribution in [2.24, 2.45) is 0 Å². The molecule has 0 bridgehead atoms. The summed E-state index contributed by atoms with van der Waals surface area (Å²) in [6.45, 7) is 4.82. The van der Waals surface area contributed by atoms with Crippen molar-refractivity contribution in [1.29, 1.82) is 0 Å². The average molecular weight is 293 g/mol. The molecule has 2 rings (SSSR count). The number of anilines is 2. The highest BCUT2D eigenvalue weighted by atomic mass is 16.6. The summed E-state index contributed by atoms with van der Waals surface area (Å²) >= 11 is 0. The van der Waals surface area contributed by atoms with Crippen molar-refractivity contribution >= 4 is 17.3 Å². The number of aromatic nitrogens is 1. The van der Waals surface area contributed by atoms with Crippen molar-refractivity contribution in [2.45, 2.75) is 32.2 Å². The first-order valence-electron chi connectivity index (χ1n) is 7.44. The first kappa shape index (κ1) is 15.5. The number of hydrogen-bond donors (Lipinski definition) is 2. The Hall–Kier alpha value is -1.89. The molecule has 1 aliphatic heterocycles. The second-order valence-corrected chi connectivity index (χ2v) is 5.49. The molecule has 1 aliphatic rings. The molecule has 1 aromatic heterocycles. The largest absolute Gasteiger partial charge is 0.370 e. The van der Waals surface area contributed by atoms with E-state index in [1.165, 1.54) is 6.07 Å². The van der Waals surface area contributed by atoms with Crippen LogP contribution in [0.2, 0.25) is 0 Å². The van der Waals surface area contributed by atoms with E-state index in [1.54, 1.807) is 6.07 Å². The molecule has 2 heterocycles. The molecule has 1 unspecified atom stereocenters. The van der Waals surface area contributed by atoms with Gasteiger partial charge in [0.15, 0.2) is 0 Å². The van der Waals surface area contributed by atoms with Crippen molar-refractivity contribution in [3.05, 3.63) is 22.2 Å². The van der Waals surface area contributed by atoms with Crippen LogP contribution in [0.1, 0.15) is 26.2 Å². The van der Waals surface area contributed by atoms with E-state index in [0.29, 0.717) is 11.6 Å². The van der Waals surface area contributed by atoms with E-state index in [1.807, 2.05) is 0 Å². The Labute approximate surface area is 124 Å². The number of likely N-dealkylation sites (tertiary alicyclic amines) is 1. The quantitative estimate of drug-likeness (QED) is 0.618. The molecule has 7 heteroatoms. The van der Waals surface area contributed by atoms with Crippen molar-refractivity contribution in [1.82, 2.24) is 9.88 Å². The molecular formula is C14H23N5O2. The zero-order chi connectivity index (χ0) is 15.2. The van der Waals surface area contributed by atoms with Crippen LogP contribution in [-0.4, -0.2) is 47.5 Å². The molecule has 0 aromatic carbocycles. The number of nitrogens with zero attached hydrogens (tertiary/aromatic N) is 3. The van der Waals surface area contributed by atoms with Gasteiger partial charge < -0.3 is 15.5 Å². The second kappa shape index (κ2) is 7.21. The summed E-state index contributed by atoms with van der Waals surface area (Å²) in [6, 6.07) is 3.38. The van der Waals surface area contributed by atoms with E-state index in [2.05, 4.69) is 34.5 Å². The fraction of sp³-hybridized carbons (Fsp3) is 0.643. The van der Waals surface area contributed by atoms with Gasteiger partial charge in [-0.1, -0.05) is 6.92 Å². The van der Waals surface area contributed by atoms with E-state index < -0.39 is 0 Å². The van der Waals surface area contributed by atoms with Crippen LogP contribution >= 0.6 is 0 Å². The van der Waals surface area contributed by atoms with Crippen molar-refractivity contribution in [2.75, 3.05) is 37.3 Å². The van der Waals surface area contributed by atoms with Gasteiger partial charge in [-0.2, -0.15) is 0 Å². The van der Waals surface area contributed by atoms with Crippen molar-refractivity contribution in [3.8, 4) is 0 Å². The summed E-state index contributed by atoms with van der Waals surface area (Å²) < 4.78 is 0. The van der Waals surface area contributed by atoms with Gasteiger partial charge in [-0.05, 0) is 38.9 Å². The number of rotatable bonds is 6. The number of hydrogen-bond acceptors (Lipinski definition) is 6. The minimum absolute atomic E-state index is 0.0327. The molecular weight excluding hydrogens is 270 g/mol. The Morgan fingerprint density at radius 1 is 1.52 bits per heavy atom. The fourth-order valence-electron chi connectivity index (χ4n) is 2.53. The van der Waals surface area contributed by atoms with Crippen LogP contribution in [0, 0.1) is 10.1 Å². The lowest BCUT2D eigenvalue weighted by Gasteiger charge is -2.30. The summed E-state index contributed by atoms with van der Waals surface area (Å²) in [5, 5.41) is 17.6. The molecule has 2 N–H and O–H groups in total. The molecule has 0 spiro atoms. The lowest BCUT2D eigenvalue weighted by atomic mass is 10.1. The summed E-state index contributed by atoms with van der Waals surface area (Å²) in [5.74, 6) is 1.04. The van der Waals surface area contributed by atoms with E-state index in [4.69, 9.17) is 0 Å². The van der Waals surface area contributed by atoms with Gasteiger partial charge in [0, 0.05) is 25.2 Å². The maximum absolute atomic E-state index is 11.1. The third-order valence-corrected chi connectivity index (χ3v) is 3.59. The molecule has 7 nitrogen and oxygen atoms in total. The van der Waals surface area contributed by atoms with Crippen molar-refractivity contribution in [3.63, 3.8) is 0 Å². The fourth-order valence-corrected chi connectivity index (χ4v) is 2.53. The smallest absolute Gasteiger partial charge is 0.311 e. The Morgan fingerprint density at radius 2 is 2.33 bits per heavy atom. The molecule has 1 saturated heterocycles. The molecule has 1 aromatic rings. The van der Waals surface area contributed by atoms with Crippen LogP contribution in [0.15, 0.2) is 12.1 Å². The molecule has 116 valence electrons. The Morgan fingerprint density at radius 3 is 3.00 bits per heavy atom. The number of nitro groups is 1. The molecule has 21 heavy (non-hydrogen) atoms. The van der Waals surface area contributed by atoms with Gasteiger partial charge in [-0.3, -0.25) is 10.1 Å². The average Bonchev–Trinajstić information content (AvgIpc) is 2.45. The van der Waals surface area contributed by atoms with Crippen LogP contribution in [0.3, 0.4) is 0 Å². The minimum atomic E-state index is -0.383. The molecule has 0 amide bonds. The van der Waals surface area contributed by atoms with Crippen LogP contribution < -0.4 is 10.6 Å². The zero-order valence-corrected chi connectivity index (χ0v) is 12.6. The Bertz CT molecular complexity index is 494. The maximum atomic E-state index is 11.1. The summed E-state index contributed by atoms with van der Waals surface area (Å²) in [5.41, 5.74) is 0.0327. The number of nitrogens with one attached hydrogen (secondary N) is 2. The predicted octanol–water partition coefficient (Wildman–Crippen LogP) is 2.32. The first-order chi connectivity index (χ1) is 10.1. The Kier molecular flexibility index (Phi) is 5.32. The van der Waals surface area contributed by atoms with Crippen LogP contribution in [-0.2, 0) is 0 Å². The lowest BCUT2D eigenvalue weighted by molar-refractivity contribution is -0.384. The topological polar surface area (TPSA) is 83.3 Å². The number of likely N-dealkylation sites (N-methyl/N-ethyl adjacent to an activating group) is 1. The molecule has 0 radical (unpaired) electrons. The zero-order valence-electron chi connectivity index (χ0n) is 12.6. The molecule has 1 fully saturated rings. The van der Waals surface area contributed by atoms with E-state index >= 15 is 0 Å². The first-order valence-corrected chi connectivity index (χ1v) is 7.44. The third-order valence-electron chi connectivity index (χ3n) is 3.59. The highest BCUT2D eigenvalue weighted by Gasteiger charge is 2.22. The van der Waals surface area contributed by atoms with Gasteiger partial charge in [-0.15, -0.1) is 0 Å². The Balaban J connectivity index is 2.15. The van der Waals surface area contributed by atoms with E-state index in [-0.39, 0.29) is 16.7 Å². The molecule has 1 atom stereocenters. The van der Waals surface area contributed by atoms with E-state index in [9.17, 15) is 10.1 Å². The van der Waals surface area contributed by atoms with Crippen LogP contribution in [0.4, 0.5) is 17.3 Å². The standard InChI is InChI=1S/C14H23N5O2/c1-3-8-15-13-7-6-12(19(20)21)14(17-13)16-11-5-4-9-18(2)10-11/h6-7,11H,3-5,8-10H2,1-2H3,(H2,15,16,17). The predicted molar refractivity (Wildman–Crippen MR) is 83.8 cm³/mol. The van der Waals surface area contributed by atoms with Gasteiger partial charge in [0.25, 0.3) is 0 Å². The van der Waals surface area contributed by atoms with Gasteiger partial charge >= 0.3 is 5.69 Å². The normalized spacial score (nSPS) is 19.2. The monoisotopic (exact) mass is 293 g/mol. The second-order valence-electron chi connectivity index (χ2n) is 5.49. The maximum Gasteiger partial charge on any atom is 0.311 e. The summed E-state index contributed by atoms with van der Waals surface area (Å²) in [6.07, 6.45) is 3.08. The number of piperidine rings is 1. The molecule has 0 saturated carbocycles. The van der Waals surface area contributed by atoms with Crippen LogP contribution in [0.5, 0.6) is 0 Å². The van der Waals surface area contributed by atoms with Gasteiger partial charge in [0.1, 0.15) is 5.82 Å². The SMILES string of the molecule is CCCNc1ccc([N+](=O)[O-])c(NC2CCCN(C)C2)n1. The summed E-state index contributed by atoms with van der Waals surface area (Å²) in [4.78, 5) is 17.4. The van der Waals surface area contributed by atoms with Gasteiger partial charge in [-0.25, -0.2) is 4.98 Å². The van der Waals surface area contributed by atoms with Crippen molar-refractivity contribution < 1.29 is 4.92 Å². The van der Waals surface area contributed by atoms with Gasteiger partial charge in [0.2, 0.25) is 5.82 Å².